The predicted octanol–water partition coefficient (Wildman–Crippen LogP) is 3.65. The lowest BCUT2D eigenvalue weighted by atomic mass is 10.2. The predicted molar refractivity (Wildman–Crippen MR) is 94.6 cm³/mol. The van der Waals surface area contributed by atoms with E-state index in [9.17, 15) is 0 Å². The van der Waals surface area contributed by atoms with Gasteiger partial charge in [-0.2, -0.15) is 0 Å². The molecule has 2 radical (unpaired) electrons. The van der Waals surface area contributed by atoms with Gasteiger partial charge in [0.05, 0.1) is 0 Å². The summed E-state index contributed by atoms with van der Waals surface area (Å²) in [4.78, 5) is 0. The third-order valence-corrected chi connectivity index (χ3v) is 5.93. The molecule has 110 valence electrons. The van der Waals surface area contributed by atoms with Crippen LogP contribution in [0.5, 0.6) is 0 Å². The minimum atomic E-state index is -1.62. The zero-order valence-electron chi connectivity index (χ0n) is 13.5. The van der Waals surface area contributed by atoms with E-state index in [-0.39, 0.29) is 5.91 Å². The molecule has 0 aromatic heterocycles. The summed E-state index contributed by atoms with van der Waals surface area (Å²) in [6.45, 7) is 17.1. The monoisotopic (exact) mass is 322 g/mol. The molecular formula is C15H26O2Si3. The Labute approximate surface area is 128 Å². The van der Waals surface area contributed by atoms with E-state index in [0.717, 1.165) is 0 Å². The molecule has 0 atom stereocenters. The maximum atomic E-state index is 6.25. The minimum absolute atomic E-state index is 0.116. The fourth-order valence-corrected chi connectivity index (χ4v) is 6.53. The molecule has 0 saturated carbocycles. The molecule has 0 saturated heterocycles. The van der Waals surface area contributed by atoms with Gasteiger partial charge in [-0.1, -0.05) is 42.1 Å². The van der Waals surface area contributed by atoms with Crippen LogP contribution in [0.25, 0.3) is 6.08 Å². The second-order valence-corrected chi connectivity index (χ2v) is 16.9. The van der Waals surface area contributed by atoms with Crippen LogP contribution in [0.3, 0.4) is 0 Å². The van der Waals surface area contributed by atoms with Crippen molar-refractivity contribution >= 4 is 37.4 Å². The van der Waals surface area contributed by atoms with Crippen molar-refractivity contribution in [3.05, 3.63) is 36.4 Å². The van der Waals surface area contributed by atoms with Crippen LogP contribution in [0, 0.1) is 0 Å². The van der Waals surface area contributed by atoms with Gasteiger partial charge in [-0.15, -0.1) is 0 Å². The lowest BCUT2D eigenvalue weighted by Gasteiger charge is -2.31. The number of hydrogen-bond acceptors (Lipinski definition) is 2. The zero-order valence-corrected chi connectivity index (χ0v) is 16.5. The Balaban J connectivity index is 2.91. The van der Waals surface area contributed by atoms with E-state index in [1.807, 2.05) is 12.1 Å². The van der Waals surface area contributed by atoms with Crippen LogP contribution >= 0.6 is 0 Å². The lowest BCUT2D eigenvalue weighted by Crippen LogP contribution is -2.46. The highest BCUT2D eigenvalue weighted by molar-refractivity contribution is 6.72. The van der Waals surface area contributed by atoms with Crippen molar-refractivity contribution in [3.8, 4) is 0 Å². The summed E-state index contributed by atoms with van der Waals surface area (Å²) in [5.41, 5.74) is 1.18. The molecule has 0 bridgehead atoms. The van der Waals surface area contributed by atoms with Gasteiger partial charge in [0.1, 0.15) is 5.91 Å². The molecular weight excluding hydrogens is 296 g/mol. The van der Waals surface area contributed by atoms with E-state index in [2.05, 4.69) is 64.1 Å². The van der Waals surface area contributed by atoms with Gasteiger partial charge in [-0.25, -0.2) is 0 Å². The van der Waals surface area contributed by atoms with Crippen molar-refractivity contribution in [1.29, 1.82) is 0 Å². The van der Waals surface area contributed by atoms with Gasteiger partial charge in [0.25, 0.3) is 0 Å². The van der Waals surface area contributed by atoms with E-state index in [1.165, 1.54) is 10.8 Å². The Kier molecular flexibility index (Phi) is 6.15. The van der Waals surface area contributed by atoms with Gasteiger partial charge in [0, 0.05) is 0 Å². The van der Waals surface area contributed by atoms with Crippen molar-refractivity contribution < 1.29 is 8.85 Å². The topological polar surface area (TPSA) is 18.5 Å². The van der Waals surface area contributed by atoms with Crippen LogP contribution in [-0.2, 0) is 8.85 Å². The minimum Gasteiger partial charge on any atom is -0.397 e. The normalized spacial score (nSPS) is 12.8. The standard InChI is InChI=1S/C15H26O2Si3/c1-8-13-11-9-10-12-14(13)18-15(16-19(2,3)4)17-20(5,6)7/h8-12,15H,1H2,2-7H3. The fraction of sp³-hybridized carbons (Fsp3) is 0.467. The van der Waals surface area contributed by atoms with E-state index in [0.29, 0.717) is 9.52 Å². The summed E-state index contributed by atoms with van der Waals surface area (Å²) in [5, 5.41) is 1.27. The molecule has 0 aliphatic rings. The highest BCUT2D eigenvalue weighted by atomic mass is 28.4. The molecule has 0 fully saturated rings. The van der Waals surface area contributed by atoms with E-state index in [1.54, 1.807) is 0 Å². The highest BCUT2D eigenvalue weighted by Gasteiger charge is 2.27. The first kappa shape index (κ1) is 17.6. The van der Waals surface area contributed by atoms with E-state index < -0.39 is 16.6 Å². The lowest BCUT2D eigenvalue weighted by molar-refractivity contribution is 0.0620. The molecule has 0 amide bonds. The summed E-state index contributed by atoms with van der Waals surface area (Å²) < 4.78 is 12.5. The molecule has 0 aliphatic heterocycles. The summed E-state index contributed by atoms with van der Waals surface area (Å²) in [5.74, 6) is -0.116. The first-order valence-electron chi connectivity index (χ1n) is 6.94. The van der Waals surface area contributed by atoms with Crippen LogP contribution in [0.4, 0.5) is 0 Å². The first-order chi connectivity index (χ1) is 9.11. The Morgan fingerprint density at radius 3 is 1.95 bits per heavy atom. The van der Waals surface area contributed by atoms with Crippen molar-refractivity contribution in [3.63, 3.8) is 0 Å². The van der Waals surface area contributed by atoms with Crippen molar-refractivity contribution in [2.24, 2.45) is 0 Å². The number of benzene rings is 1. The summed E-state index contributed by atoms with van der Waals surface area (Å²) in [6.07, 6.45) is 1.91. The van der Waals surface area contributed by atoms with Crippen LogP contribution in [0.2, 0.25) is 39.3 Å². The molecule has 1 aromatic carbocycles. The quantitative estimate of drug-likeness (QED) is 0.563. The number of hydrogen-bond donors (Lipinski definition) is 0. The average Bonchev–Trinajstić information content (AvgIpc) is 2.25. The molecule has 0 unspecified atom stereocenters. The van der Waals surface area contributed by atoms with Gasteiger partial charge in [0.15, 0.2) is 26.2 Å². The summed E-state index contributed by atoms with van der Waals surface area (Å²) >= 11 is 0. The molecule has 0 N–H and O–H groups in total. The largest absolute Gasteiger partial charge is 0.397 e. The Hall–Kier alpha value is -0.469. The van der Waals surface area contributed by atoms with Gasteiger partial charge < -0.3 is 8.85 Å². The zero-order chi connectivity index (χ0) is 15.4. The van der Waals surface area contributed by atoms with Crippen molar-refractivity contribution in [1.82, 2.24) is 0 Å². The molecule has 0 heterocycles. The second kappa shape index (κ2) is 7.00. The maximum absolute atomic E-state index is 6.25. The third-order valence-electron chi connectivity index (χ3n) is 2.38. The van der Waals surface area contributed by atoms with E-state index >= 15 is 0 Å². The van der Waals surface area contributed by atoms with Gasteiger partial charge in [-0.3, -0.25) is 0 Å². The fourth-order valence-electron chi connectivity index (χ4n) is 1.66. The molecule has 5 heteroatoms. The average molecular weight is 323 g/mol. The molecule has 1 aromatic rings. The SMILES string of the molecule is C=Cc1ccccc1[Si]C(O[Si](C)(C)C)O[Si](C)(C)C. The van der Waals surface area contributed by atoms with Crippen LogP contribution in [0.15, 0.2) is 30.8 Å². The van der Waals surface area contributed by atoms with Crippen molar-refractivity contribution in [2.45, 2.75) is 45.2 Å². The van der Waals surface area contributed by atoms with Gasteiger partial charge in [0.2, 0.25) is 0 Å². The van der Waals surface area contributed by atoms with E-state index in [4.69, 9.17) is 8.85 Å². The molecule has 20 heavy (non-hydrogen) atoms. The summed E-state index contributed by atoms with van der Waals surface area (Å²) in [6, 6.07) is 8.34. The first-order valence-corrected chi connectivity index (χ1v) is 14.8. The maximum Gasteiger partial charge on any atom is 0.186 e. The highest BCUT2D eigenvalue weighted by Crippen LogP contribution is 2.14. The molecule has 1 rings (SSSR count). The molecule has 2 nitrogen and oxygen atoms in total. The van der Waals surface area contributed by atoms with Crippen LogP contribution in [0.1, 0.15) is 5.56 Å². The summed E-state index contributed by atoms with van der Waals surface area (Å²) in [7, 11) is -2.74. The van der Waals surface area contributed by atoms with Crippen LogP contribution in [-0.4, -0.2) is 32.1 Å². The second-order valence-electron chi connectivity index (χ2n) is 6.73. The smallest absolute Gasteiger partial charge is 0.186 e. The Morgan fingerprint density at radius 2 is 1.50 bits per heavy atom. The third kappa shape index (κ3) is 6.81. The van der Waals surface area contributed by atoms with Crippen molar-refractivity contribution in [2.75, 3.05) is 0 Å². The van der Waals surface area contributed by atoms with Gasteiger partial charge in [-0.05, 0) is 44.8 Å². The van der Waals surface area contributed by atoms with Crippen LogP contribution < -0.4 is 5.19 Å². The Morgan fingerprint density at radius 1 is 1.00 bits per heavy atom. The molecule has 0 spiro atoms. The Bertz CT molecular complexity index is 431. The number of rotatable bonds is 7. The molecule has 0 aliphatic carbocycles. The van der Waals surface area contributed by atoms with Gasteiger partial charge >= 0.3 is 0 Å².